The summed E-state index contributed by atoms with van der Waals surface area (Å²) >= 11 is 0. The van der Waals surface area contributed by atoms with Crippen molar-refractivity contribution in [2.24, 2.45) is 0 Å². The van der Waals surface area contributed by atoms with E-state index in [0.29, 0.717) is 12.0 Å². The van der Waals surface area contributed by atoms with Crippen LogP contribution in [0.4, 0.5) is 4.39 Å². The molecule has 18 heavy (non-hydrogen) atoms. The molecule has 2 aromatic rings. The maximum atomic E-state index is 13.1. The van der Waals surface area contributed by atoms with Gasteiger partial charge >= 0.3 is 0 Å². The van der Waals surface area contributed by atoms with Crippen molar-refractivity contribution in [3.8, 4) is 0 Å². The molecule has 2 aromatic carbocycles. The van der Waals surface area contributed by atoms with Crippen LogP contribution in [0.15, 0.2) is 48.5 Å². The van der Waals surface area contributed by atoms with Crippen molar-refractivity contribution in [2.75, 3.05) is 0 Å². The summed E-state index contributed by atoms with van der Waals surface area (Å²) in [6.07, 6.45) is 0.934. The Kier molecular flexibility index (Phi) is 4.11. The van der Waals surface area contributed by atoms with Gasteiger partial charge in [-0.05, 0) is 42.5 Å². The van der Waals surface area contributed by atoms with Gasteiger partial charge in [0.25, 0.3) is 0 Å². The van der Waals surface area contributed by atoms with E-state index in [1.54, 1.807) is 13.0 Å². The minimum absolute atomic E-state index is 0.178. The highest BCUT2D eigenvalue weighted by Crippen LogP contribution is 2.19. The van der Waals surface area contributed by atoms with E-state index in [9.17, 15) is 9.50 Å². The summed E-state index contributed by atoms with van der Waals surface area (Å²) in [7, 11) is 0. The van der Waals surface area contributed by atoms with Crippen LogP contribution in [0, 0.1) is 12.7 Å². The molecule has 0 aliphatic carbocycles. The van der Waals surface area contributed by atoms with Crippen LogP contribution in [0.3, 0.4) is 0 Å². The zero-order chi connectivity index (χ0) is 13.0. The molecule has 0 amide bonds. The molecule has 0 aliphatic rings. The average Bonchev–Trinajstić information content (AvgIpc) is 2.41. The molecular weight excluding hydrogens is 227 g/mol. The summed E-state index contributed by atoms with van der Waals surface area (Å²) in [4.78, 5) is 0. The SMILES string of the molecule is Cc1cc(CCC(O)c2ccccc2)ccc1F. The summed E-state index contributed by atoms with van der Waals surface area (Å²) in [6.45, 7) is 1.76. The van der Waals surface area contributed by atoms with E-state index >= 15 is 0 Å². The Morgan fingerprint density at radius 2 is 1.83 bits per heavy atom. The molecule has 0 bridgehead atoms. The lowest BCUT2D eigenvalue weighted by molar-refractivity contribution is 0.168. The predicted octanol–water partition coefficient (Wildman–Crippen LogP) is 3.80. The first-order valence-electron chi connectivity index (χ1n) is 6.15. The van der Waals surface area contributed by atoms with E-state index in [0.717, 1.165) is 17.5 Å². The maximum Gasteiger partial charge on any atom is 0.126 e. The first kappa shape index (κ1) is 12.8. The van der Waals surface area contributed by atoms with E-state index in [-0.39, 0.29) is 5.82 Å². The largest absolute Gasteiger partial charge is 0.388 e. The van der Waals surface area contributed by atoms with Crippen LogP contribution < -0.4 is 0 Å². The van der Waals surface area contributed by atoms with Gasteiger partial charge in [0, 0.05) is 0 Å². The molecule has 0 aromatic heterocycles. The van der Waals surface area contributed by atoms with Crippen LogP contribution in [-0.4, -0.2) is 5.11 Å². The molecule has 1 unspecified atom stereocenters. The first-order chi connectivity index (χ1) is 8.66. The molecule has 0 saturated carbocycles. The third kappa shape index (κ3) is 3.17. The summed E-state index contributed by atoms with van der Waals surface area (Å²) < 4.78 is 13.1. The molecular formula is C16H17FO. The summed E-state index contributed by atoms with van der Waals surface area (Å²) in [5.74, 6) is -0.178. The molecule has 0 saturated heterocycles. The number of aliphatic hydroxyl groups is 1. The Balaban J connectivity index is 1.97. The second-order valence-electron chi connectivity index (χ2n) is 4.55. The Hall–Kier alpha value is -1.67. The Bertz CT molecular complexity index is 508. The van der Waals surface area contributed by atoms with E-state index in [1.165, 1.54) is 6.07 Å². The molecule has 0 fully saturated rings. The summed E-state index contributed by atoms with van der Waals surface area (Å²) in [6, 6.07) is 14.7. The van der Waals surface area contributed by atoms with Crippen LogP contribution in [0.25, 0.3) is 0 Å². The normalized spacial score (nSPS) is 12.4. The minimum Gasteiger partial charge on any atom is -0.388 e. The lowest BCUT2D eigenvalue weighted by atomic mass is 10.0. The van der Waals surface area contributed by atoms with Crippen LogP contribution >= 0.6 is 0 Å². The Morgan fingerprint density at radius 3 is 2.50 bits per heavy atom. The second-order valence-corrected chi connectivity index (χ2v) is 4.55. The Labute approximate surface area is 107 Å². The molecule has 1 atom stereocenters. The van der Waals surface area contributed by atoms with Crippen molar-refractivity contribution in [3.63, 3.8) is 0 Å². The number of halogens is 1. The van der Waals surface area contributed by atoms with Crippen molar-refractivity contribution < 1.29 is 9.50 Å². The molecule has 94 valence electrons. The molecule has 1 N–H and O–H groups in total. The fraction of sp³-hybridized carbons (Fsp3) is 0.250. The lowest BCUT2D eigenvalue weighted by Gasteiger charge is -2.11. The Morgan fingerprint density at radius 1 is 1.11 bits per heavy atom. The van der Waals surface area contributed by atoms with Crippen LogP contribution in [0.1, 0.15) is 29.2 Å². The fourth-order valence-electron chi connectivity index (χ4n) is 2.01. The molecule has 2 heteroatoms. The molecule has 0 radical (unpaired) electrons. The smallest absolute Gasteiger partial charge is 0.126 e. The van der Waals surface area contributed by atoms with Crippen molar-refractivity contribution in [3.05, 3.63) is 71.0 Å². The number of aliphatic hydroxyl groups excluding tert-OH is 1. The van der Waals surface area contributed by atoms with E-state index in [1.807, 2.05) is 36.4 Å². The average molecular weight is 244 g/mol. The van der Waals surface area contributed by atoms with Gasteiger partial charge in [-0.15, -0.1) is 0 Å². The van der Waals surface area contributed by atoms with E-state index < -0.39 is 6.10 Å². The van der Waals surface area contributed by atoms with Crippen LogP contribution in [-0.2, 0) is 6.42 Å². The predicted molar refractivity (Wildman–Crippen MR) is 70.9 cm³/mol. The maximum absolute atomic E-state index is 13.1. The van der Waals surface area contributed by atoms with Gasteiger partial charge in [-0.2, -0.15) is 0 Å². The van der Waals surface area contributed by atoms with Gasteiger partial charge in [0.05, 0.1) is 6.10 Å². The van der Waals surface area contributed by atoms with Gasteiger partial charge < -0.3 is 5.11 Å². The quantitative estimate of drug-likeness (QED) is 0.867. The molecule has 1 nitrogen and oxygen atoms in total. The van der Waals surface area contributed by atoms with Crippen LogP contribution in [0.5, 0.6) is 0 Å². The van der Waals surface area contributed by atoms with E-state index in [4.69, 9.17) is 0 Å². The third-order valence-corrected chi connectivity index (χ3v) is 3.11. The minimum atomic E-state index is -0.462. The van der Waals surface area contributed by atoms with Gasteiger partial charge in [0.1, 0.15) is 5.82 Å². The fourth-order valence-corrected chi connectivity index (χ4v) is 2.01. The van der Waals surface area contributed by atoms with Crippen molar-refractivity contribution in [1.29, 1.82) is 0 Å². The van der Waals surface area contributed by atoms with Crippen molar-refractivity contribution >= 4 is 0 Å². The summed E-state index contributed by atoms with van der Waals surface area (Å²) in [5, 5.41) is 10.0. The standard InChI is InChI=1S/C16H17FO/c1-12-11-13(7-9-15(12)17)8-10-16(18)14-5-3-2-4-6-14/h2-7,9,11,16,18H,8,10H2,1H3. The zero-order valence-electron chi connectivity index (χ0n) is 10.4. The van der Waals surface area contributed by atoms with Gasteiger partial charge in [-0.25, -0.2) is 4.39 Å². The van der Waals surface area contributed by atoms with Gasteiger partial charge in [0.15, 0.2) is 0 Å². The molecule has 0 aliphatic heterocycles. The van der Waals surface area contributed by atoms with Crippen molar-refractivity contribution in [2.45, 2.75) is 25.9 Å². The van der Waals surface area contributed by atoms with Gasteiger partial charge in [0.2, 0.25) is 0 Å². The highest BCUT2D eigenvalue weighted by Gasteiger charge is 2.07. The third-order valence-electron chi connectivity index (χ3n) is 3.11. The first-order valence-corrected chi connectivity index (χ1v) is 6.15. The molecule has 0 heterocycles. The number of hydrogen-bond acceptors (Lipinski definition) is 1. The monoisotopic (exact) mass is 244 g/mol. The topological polar surface area (TPSA) is 20.2 Å². The second kappa shape index (κ2) is 5.78. The zero-order valence-corrected chi connectivity index (χ0v) is 10.4. The van der Waals surface area contributed by atoms with Crippen LogP contribution in [0.2, 0.25) is 0 Å². The van der Waals surface area contributed by atoms with Gasteiger partial charge in [-0.3, -0.25) is 0 Å². The highest BCUT2D eigenvalue weighted by atomic mass is 19.1. The molecule has 0 spiro atoms. The van der Waals surface area contributed by atoms with Crippen molar-refractivity contribution in [1.82, 2.24) is 0 Å². The number of hydrogen-bond donors (Lipinski definition) is 1. The van der Waals surface area contributed by atoms with Gasteiger partial charge in [-0.1, -0.05) is 42.5 Å². The van der Waals surface area contributed by atoms with E-state index in [2.05, 4.69) is 0 Å². The lowest BCUT2D eigenvalue weighted by Crippen LogP contribution is -1.99. The number of benzene rings is 2. The number of rotatable bonds is 4. The highest BCUT2D eigenvalue weighted by molar-refractivity contribution is 5.24. The molecule has 2 rings (SSSR count). The summed E-state index contributed by atoms with van der Waals surface area (Å²) in [5.41, 5.74) is 2.64. The number of aryl methyl sites for hydroxylation is 2.